The van der Waals surface area contributed by atoms with Gasteiger partial charge in [-0.15, -0.1) is 0 Å². The Morgan fingerprint density at radius 2 is 2.13 bits per heavy atom. The number of hydrogen-bond donors (Lipinski definition) is 2. The average Bonchev–Trinajstić information content (AvgIpc) is 3.30. The van der Waals surface area contributed by atoms with Gasteiger partial charge in [0.15, 0.2) is 17.3 Å². The van der Waals surface area contributed by atoms with E-state index in [2.05, 4.69) is 4.74 Å². The molecule has 8 nitrogen and oxygen atoms in total. The quantitative estimate of drug-likeness (QED) is 0.733. The molecule has 0 bridgehead atoms. The van der Waals surface area contributed by atoms with Crippen molar-refractivity contribution in [1.82, 2.24) is 4.57 Å². The highest BCUT2D eigenvalue weighted by molar-refractivity contribution is 5.93. The van der Waals surface area contributed by atoms with Crippen LogP contribution < -0.4 is 25.5 Å². The molecular weight excluding hydrogens is 400 g/mol. The van der Waals surface area contributed by atoms with Crippen molar-refractivity contribution in [2.24, 2.45) is 11.7 Å². The van der Waals surface area contributed by atoms with Crippen LogP contribution in [0.25, 0.3) is 10.9 Å². The van der Waals surface area contributed by atoms with Crippen molar-refractivity contribution in [3.63, 3.8) is 0 Å². The van der Waals surface area contributed by atoms with E-state index >= 15 is 4.39 Å². The molecule has 1 saturated carbocycles. The van der Waals surface area contributed by atoms with Crippen molar-refractivity contribution in [2.75, 3.05) is 24.6 Å². The third-order valence-corrected chi connectivity index (χ3v) is 6.44. The Hall–Kier alpha value is -2.88. The molecule has 0 radical (unpaired) electrons. The number of aromatic nitrogens is 1. The second-order valence-electron chi connectivity index (χ2n) is 8.45. The predicted octanol–water partition coefficient (Wildman–Crippen LogP) is 2.42. The molecule has 3 heterocycles. The first-order valence-electron chi connectivity index (χ1n) is 9.82. The zero-order chi connectivity index (χ0) is 21.4. The highest BCUT2D eigenvalue weighted by Crippen LogP contribution is 2.48. The van der Waals surface area contributed by atoms with Crippen LogP contribution >= 0.6 is 0 Å². The van der Waals surface area contributed by atoms with E-state index in [1.807, 2.05) is 6.92 Å². The van der Waals surface area contributed by atoms with Crippen molar-refractivity contribution in [1.29, 1.82) is 0 Å². The molecule has 0 unspecified atom stereocenters. The topological polar surface area (TPSA) is 107 Å². The van der Waals surface area contributed by atoms with E-state index in [1.54, 1.807) is 9.47 Å². The second-order valence-corrected chi connectivity index (χ2v) is 8.45. The summed E-state index contributed by atoms with van der Waals surface area (Å²) >= 11 is 0. The van der Waals surface area contributed by atoms with Crippen LogP contribution in [0.15, 0.2) is 17.1 Å². The van der Waals surface area contributed by atoms with Gasteiger partial charge in [-0.1, -0.05) is 0 Å². The Kier molecular flexibility index (Phi) is 4.02. The number of anilines is 1. The maximum atomic E-state index is 15.2. The van der Waals surface area contributed by atoms with E-state index in [-0.39, 0.29) is 42.6 Å². The van der Waals surface area contributed by atoms with Gasteiger partial charge in [-0.3, -0.25) is 4.79 Å². The van der Waals surface area contributed by atoms with E-state index in [4.69, 9.17) is 15.6 Å². The number of halogens is 2. The van der Waals surface area contributed by atoms with Crippen molar-refractivity contribution >= 4 is 22.7 Å². The van der Waals surface area contributed by atoms with Crippen LogP contribution in [0, 0.1) is 11.7 Å². The molecule has 2 aliphatic heterocycles. The molecule has 3 N–H and O–H groups in total. The molecule has 1 aromatic heterocycles. The van der Waals surface area contributed by atoms with Gasteiger partial charge in [0.2, 0.25) is 5.43 Å². The van der Waals surface area contributed by atoms with E-state index in [1.165, 1.54) is 6.20 Å². The van der Waals surface area contributed by atoms with Gasteiger partial charge >= 0.3 is 6.16 Å². The van der Waals surface area contributed by atoms with Crippen LogP contribution in [0.5, 0.6) is 11.5 Å². The summed E-state index contributed by atoms with van der Waals surface area (Å²) in [6, 6.07) is 0.785. The Balaban J connectivity index is 1.68. The zero-order valence-corrected chi connectivity index (χ0v) is 16.2. The second kappa shape index (κ2) is 6.31. The third kappa shape index (κ3) is 2.73. The molecule has 0 amide bonds. The van der Waals surface area contributed by atoms with Crippen molar-refractivity contribution in [2.45, 2.75) is 37.5 Å². The first-order chi connectivity index (χ1) is 14.2. The molecule has 1 aromatic carbocycles. The van der Waals surface area contributed by atoms with Gasteiger partial charge in [0.05, 0.1) is 23.1 Å². The molecule has 5 rings (SSSR count). The Morgan fingerprint density at radius 1 is 1.40 bits per heavy atom. The summed E-state index contributed by atoms with van der Waals surface area (Å²) in [5.74, 6) is -1.39. The fourth-order valence-corrected chi connectivity index (χ4v) is 4.65. The normalized spacial score (nSPS) is 26.5. The highest BCUT2D eigenvalue weighted by Gasteiger charge is 2.53. The van der Waals surface area contributed by atoms with Gasteiger partial charge in [-0.2, -0.15) is 0 Å². The SMILES string of the molecule is C[C@H]1COc2c(N3C[C@H](F)[C@@H](C4(N)CC4)C3)c(F)cc3c(=O)c(OC(=O)O)cn1c23. The molecule has 3 atom stereocenters. The maximum Gasteiger partial charge on any atom is 0.511 e. The largest absolute Gasteiger partial charge is 0.511 e. The lowest BCUT2D eigenvalue weighted by atomic mass is 9.96. The monoisotopic (exact) mass is 421 g/mol. The van der Waals surface area contributed by atoms with Gasteiger partial charge in [0, 0.05) is 24.5 Å². The molecule has 2 fully saturated rings. The number of hydrogen-bond acceptors (Lipinski definition) is 6. The minimum absolute atomic E-state index is 0.0115. The Bertz CT molecular complexity index is 1130. The summed E-state index contributed by atoms with van der Waals surface area (Å²) in [5, 5.41) is 8.85. The van der Waals surface area contributed by atoms with Gasteiger partial charge in [-0.05, 0) is 25.8 Å². The minimum Gasteiger partial charge on any atom is -0.487 e. The molecule has 1 aliphatic carbocycles. The fourth-order valence-electron chi connectivity index (χ4n) is 4.65. The standard InChI is InChI=1S/C20H21F2N3O5/c1-9-8-29-18-15-10(17(26)14(7-25(9)15)30-19(27)28)4-12(21)16(18)24-5-11(13(22)6-24)20(23)2-3-20/h4,7,9,11,13H,2-3,5-6,8,23H2,1H3,(H,27,28)/t9-,11-,13-/m0/s1. The number of carboxylic acid groups (broad SMARTS) is 1. The third-order valence-electron chi connectivity index (χ3n) is 6.44. The van der Waals surface area contributed by atoms with Crippen LogP contribution in [0.4, 0.5) is 19.3 Å². The predicted molar refractivity (Wildman–Crippen MR) is 104 cm³/mol. The smallest absolute Gasteiger partial charge is 0.487 e. The lowest BCUT2D eigenvalue weighted by molar-refractivity contribution is 0.143. The molecule has 10 heteroatoms. The number of ether oxygens (including phenoxy) is 2. The average molecular weight is 421 g/mol. The summed E-state index contributed by atoms with van der Waals surface area (Å²) in [6.07, 6.45) is -0.0290. The summed E-state index contributed by atoms with van der Waals surface area (Å²) < 4.78 is 42.0. The summed E-state index contributed by atoms with van der Waals surface area (Å²) in [5.41, 5.74) is 5.35. The minimum atomic E-state index is -1.64. The van der Waals surface area contributed by atoms with E-state index in [9.17, 15) is 14.0 Å². The summed E-state index contributed by atoms with van der Waals surface area (Å²) in [7, 11) is 0. The van der Waals surface area contributed by atoms with Crippen molar-refractivity contribution in [3.8, 4) is 11.5 Å². The number of benzene rings is 1. The van der Waals surface area contributed by atoms with Gasteiger partial charge < -0.3 is 29.8 Å². The zero-order valence-electron chi connectivity index (χ0n) is 16.2. The number of pyridine rings is 1. The van der Waals surface area contributed by atoms with Gasteiger partial charge in [-0.25, -0.2) is 13.6 Å². The number of carbonyl (C=O) groups is 1. The molecule has 160 valence electrons. The molecule has 2 aromatic rings. The molecular formula is C20H21F2N3O5. The first kappa shape index (κ1) is 19.1. The molecule has 1 saturated heterocycles. The van der Waals surface area contributed by atoms with Crippen molar-refractivity contribution < 1.29 is 28.2 Å². The molecule has 30 heavy (non-hydrogen) atoms. The van der Waals surface area contributed by atoms with Crippen LogP contribution in [-0.4, -0.2) is 47.2 Å². The van der Waals surface area contributed by atoms with Crippen LogP contribution in [0.1, 0.15) is 25.8 Å². The van der Waals surface area contributed by atoms with Gasteiger partial charge in [0.1, 0.15) is 18.5 Å². The lowest BCUT2D eigenvalue weighted by Crippen LogP contribution is -2.38. The summed E-state index contributed by atoms with van der Waals surface area (Å²) in [4.78, 5) is 25.3. The Morgan fingerprint density at radius 3 is 2.80 bits per heavy atom. The summed E-state index contributed by atoms with van der Waals surface area (Å²) in [6.45, 7) is 2.24. The van der Waals surface area contributed by atoms with Crippen molar-refractivity contribution in [3.05, 3.63) is 28.3 Å². The highest BCUT2D eigenvalue weighted by atomic mass is 19.1. The Labute approximate surface area is 169 Å². The van der Waals surface area contributed by atoms with E-state index in [0.717, 1.165) is 18.9 Å². The molecule has 3 aliphatic rings. The lowest BCUT2D eigenvalue weighted by Gasteiger charge is -2.31. The number of alkyl halides is 1. The van der Waals surface area contributed by atoms with Gasteiger partial charge in [0.25, 0.3) is 0 Å². The van der Waals surface area contributed by atoms with E-state index in [0.29, 0.717) is 5.52 Å². The first-order valence-corrected chi connectivity index (χ1v) is 9.82. The number of nitrogens with two attached hydrogens (primary N) is 1. The van der Waals surface area contributed by atoms with E-state index < -0.39 is 40.8 Å². The fraction of sp³-hybridized carbons (Fsp3) is 0.500. The molecule has 0 spiro atoms. The van der Waals surface area contributed by atoms with Crippen LogP contribution in [-0.2, 0) is 0 Å². The number of nitrogens with zero attached hydrogens (tertiary/aromatic N) is 2. The van der Waals surface area contributed by atoms with Crippen LogP contribution in [0.2, 0.25) is 0 Å². The van der Waals surface area contributed by atoms with Crippen LogP contribution in [0.3, 0.4) is 0 Å². The maximum absolute atomic E-state index is 15.2. The number of rotatable bonds is 3.